The largest absolute Gasteiger partial charge is 0.321 e. The third-order valence-corrected chi connectivity index (χ3v) is 6.96. The van der Waals surface area contributed by atoms with Crippen molar-refractivity contribution in [1.82, 2.24) is 9.21 Å². The van der Waals surface area contributed by atoms with Gasteiger partial charge in [0.1, 0.15) is 0 Å². The number of piperazine rings is 1. The van der Waals surface area contributed by atoms with Crippen molar-refractivity contribution in [1.29, 1.82) is 0 Å². The second kappa shape index (κ2) is 9.73. The summed E-state index contributed by atoms with van der Waals surface area (Å²) in [6, 6.07) is 13.8. The van der Waals surface area contributed by atoms with Crippen LogP contribution in [-0.2, 0) is 29.4 Å². The van der Waals surface area contributed by atoms with E-state index in [1.54, 1.807) is 0 Å². The summed E-state index contributed by atoms with van der Waals surface area (Å²) in [6.45, 7) is 7.40. The van der Waals surface area contributed by atoms with E-state index in [1.807, 2.05) is 30.3 Å². The number of nitrogens with one attached hydrogen (secondary N) is 1. The first-order valence-corrected chi connectivity index (χ1v) is 12.3. The van der Waals surface area contributed by atoms with Crippen LogP contribution in [-0.4, -0.2) is 56.0 Å². The van der Waals surface area contributed by atoms with Crippen LogP contribution in [0.1, 0.15) is 40.9 Å². The maximum atomic E-state index is 12.8. The first-order chi connectivity index (χ1) is 14.3. The van der Waals surface area contributed by atoms with Crippen LogP contribution in [0.25, 0.3) is 0 Å². The predicted octanol–water partition coefficient (Wildman–Crippen LogP) is 3.14. The topological polar surface area (TPSA) is 69.7 Å². The van der Waals surface area contributed by atoms with Crippen LogP contribution >= 0.6 is 0 Å². The van der Waals surface area contributed by atoms with E-state index in [2.05, 4.69) is 36.2 Å². The van der Waals surface area contributed by atoms with Gasteiger partial charge in [0.25, 0.3) is 5.91 Å². The molecular weight excluding hydrogens is 398 g/mol. The van der Waals surface area contributed by atoms with Crippen molar-refractivity contribution in [2.75, 3.05) is 37.8 Å². The van der Waals surface area contributed by atoms with Gasteiger partial charge < -0.3 is 5.32 Å². The summed E-state index contributed by atoms with van der Waals surface area (Å²) in [5.41, 5.74) is 4.97. The Bertz CT molecular complexity index is 957. The van der Waals surface area contributed by atoms with Crippen LogP contribution in [0.5, 0.6) is 0 Å². The Morgan fingerprint density at radius 3 is 2.00 bits per heavy atom. The molecule has 2 aromatic carbocycles. The molecule has 0 saturated carbocycles. The fourth-order valence-electron chi connectivity index (χ4n) is 3.83. The number of para-hydroxylation sites is 1. The number of carbonyl (C=O) groups excluding carboxylic acids is 1. The number of amides is 1. The van der Waals surface area contributed by atoms with Gasteiger partial charge in [-0.05, 0) is 41.7 Å². The van der Waals surface area contributed by atoms with Crippen molar-refractivity contribution >= 4 is 21.6 Å². The van der Waals surface area contributed by atoms with Gasteiger partial charge in [0.2, 0.25) is 10.0 Å². The lowest BCUT2D eigenvalue weighted by Crippen LogP contribution is -2.47. The first-order valence-electron chi connectivity index (χ1n) is 10.5. The second-order valence-corrected chi connectivity index (χ2v) is 9.73. The molecule has 0 radical (unpaired) electrons. The highest BCUT2D eigenvalue weighted by molar-refractivity contribution is 7.88. The summed E-state index contributed by atoms with van der Waals surface area (Å²) in [6.07, 6.45) is 3.00. The van der Waals surface area contributed by atoms with Gasteiger partial charge in [-0.15, -0.1) is 0 Å². The summed E-state index contributed by atoms with van der Waals surface area (Å²) < 4.78 is 24.8. The molecule has 0 unspecified atom stereocenters. The highest BCUT2D eigenvalue weighted by Gasteiger charge is 2.23. The first kappa shape index (κ1) is 22.5. The molecule has 0 aliphatic carbocycles. The lowest BCUT2D eigenvalue weighted by atomic mass is 10.0. The van der Waals surface area contributed by atoms with E-state index in [9.17, 15) is 13.2 Å². The van der Waals surface area contributed by atoms with E-state index in [0.29, 0.717) is 31.7 Å². The van der Waals surface area contributed by atoms with E-state index < -0.39 is 10.0 Å². The van der Waals surface area contributed by atoms with Gasteiger partial charge in [0.15, 0.2) is 0 Å². The van der Waals surface area contributed by atoms with Gasteiger partial charge >= 0.3 is 0 Å². The van der Waals surface area contributed by atoms with Crippen molar-refractivity contribution in [3.8, 4) is 0 Å². The van der Waals surface area contributed by atoms with Gasteiger partial charge in [0.05, 0.1) is 6.26 Å². The average molecular weight is 430 g/mol. The average Bonchev–Trinajstić information content (AvgIpc) is 2.74. The van der Waals surface area contributed by atoms with E-state index >= 15 is 0 Å². The molecule has 0 bridgehead atoms. The molecule has 1 saturated heterocycles. The van der Waals surface area contributed by atoms with E-state index in [0.717, 1.165) is 41.8 Å². The molecule has 162 valence electrons. The third kappa shape index (κ3) is 5.47. The smallest absolute Gasteiger partial charge is 0.255 e. The number of benzene rings is 2. The minimum atomic E-state index is -3.11. The molecule has 1 amide bonds. The molecule has 1 N–H and O–H groups in total. The molecule has 0 atom stereocenters. The Balaban J connectivity index is 1.62. The predicted molar refractivity (Wildman–Crippen MR) is 121 cm³/mol. The normalized spacial score (nSPS) is 15.8. The van der Waals surface area contributed by atoms with Crippen LogP contribution in [0.2, 0.25) is 0 Å². The van der Waals surface area contributed by atoms with Gasteiger partial charge in [-0.25, -0.2) is 8.42 Å². The van der Waals surface area contributed by atoms with E-state index in [-0.39, 0.29) is 5.91 Å². The minimum Gasteiger partial charge on any atom is -0.321 e. The van der Waals surface area contributed by atoms with E-state index in [4.69, 9.17) is 0 Å². The van der Waals surface area contributed by atoms with Crippen molar-refractivity contribution in [3.63, 3.8) is 0 Å². The quantitative estimate of drug-likeness (QED) is 0.734. The fraction of sp³-hybridized carbons (Fsp3) is 0.435. The molecule has 1 heterocycles. The number of rotatable bonds is 7. The number of nitrogens with zero attached hydrogens (tertiary/aromatic N) is 2. The fourth-order valence-corrected chi connectivity index (χ4v) is 4.65. The van der Waals surface area contributed by atoms with Crippen LogP contribution in [0.4, 0.5) is 5.69 Å². The second-order valence-electron chi connectivity index (χ2n) is 7.75. The van der Waals surface area contributed by atoms with Crippen molar-refractivity contribution in [2.45, 2.75) is 33.2 Å². The van der Waals surface area contributed by atoms with Crippen LogP contribution in [0, 0.1) is 0 Å². The molecule has 7 heteroatoms. The number of anilines is 1. The Hall–Kier alpha value is -2.22. The SMILES string of the molecule is CCc1cccc(CC)c1NC(=O)c1ccc(CN2CCN(S(C)(=O)=O)CC2)cc1. The van der Waals surface area contributed by atoms with Crippen LogP contribution in [0.15, 0.2) is 42.5 Å². The van der Waals surface area contributed by atoms with Crippen molar-refractivity contribution < 1.29 is 13.2 Å². The molecule has 1 aliphatic heterocycles. The summed E-state index contributed by atoms with van der Waals surface area (Å²) >= 11 is 0. The van der Waals surface area contributed by atoms with Gasteiger partial charge in [-0.1, -0.05) is 44.2 Å². The van der Waals surface area contributed by atoms with Crippen LogP contribution in [0.3, 0.4) is 0 Å². The molecule has 1 fully saturated rings. The highest BCUT2D eigenvalue weighted by atomic mass is 32.2. The summed E-state index contributed by atoms with van der Waals surface area (Å²) in [7, 11) is -3.11. The van der Waals surface area contributed by atoms with Crippen LogP contribution < -0.4 is 5.32 Å². The third-order valence-electron chi connectivity index (χ3n) is 5.66. The number of aryl methyl sites for hydroxylation is 2. The Labute approximate surface area is 179 Å². The Kier molecular flexibility index (Phi) is 7.28. The Morgan fingerprint density at radius 1 is 0.933 bits per heavy atom. The van der Waals surface area contributed by atoms with Gasteiger partial charge in [0, 0.05) is 44.0 Å². The molecule has 0 spiro atoms. The van der Waals surface area contributed by atoms with Gasteiger partial charge in [-0.3, -0.25) is 9.69 Å². The van der Waals surface area contributed by atoms with E-state index in [1.165, 1.54) is 10.6 Å². The summed E-state index contributed by atoms with van der Waals surface area (Å²) in [4.78, 5) is 15.0. The molecule has 30 heavy (non-hydrogen) atoms. The van der Waals surface area contributed by atoms with Gasteiger partial charge in [-0.2, -0.15) is 4.31 Å². The van der Waals surface area contributed by atoms with Crippen molar-refractivity contribution in [2.24, 2.45) is 0 Å². The number of hydrogen-bond acceptors (Lipinski definition) is 4. The summed E-state index contributed by atoms with van der Waals surface area (Å²) in [5, 5.41) is 3.11. The maximum absolute atomic E-state index is 12.8. The molecule has 1 aliphatic rings. The zero-order valence-electron chi connectivity index (χ0n) is 18.0. The minimum absolute atomic E-state index is 0.0982. The number of hydrogen-bond donors (Lipinski definition) is 1. The molecule has 3 rings (SSSR count). The van der Waals surface area contributed by atoms with Crippen molar-refractivity contribution in [3.05, 3.63) is 64.7 Å². The zero-order valence-corrected chi connectivity index (χ0v) is 18.8. The maximum Gasteiger partial charge on any atom is 0.255 e. The Morgan fingerprint density at radius 2 is 1.50 bits per heavy atom. The molecule has 0 aromatic heterocycles. The lowest BCUT2D eigenvalue weighted by molar-refractivity contribution is 0.102. The number of sulfonamides is 1. The molecule has 2 aromatic rings. The summed E-state index contributed by atoms with van der Waals surface area (Å²) in [5.74, 6) is -0.0982. The lowest BCUT2D eigenvalue weighted by Gasteiger charge is -2.33. The standard InChI is InChI=1S/C23H31N3O3S/c1-4-19-7-6-8-20(5-2)22(19)24-23(27)21-11-9-18(10-12-21)17-25-13-15-26(16-14-25)30(3,28)29/h6-12H,4-5,13-17H2,1-3H3,(H,24,27). The molecule has 6 nitrogen and oxygen atoms in total. The zero-order chi connectivity index (χ0) is 21.7. The highest BCUT2D eigenvalue weighted by Crippen LogP contribution is 2.23. The molecular formula is C23H31N3O3S. The number of carbonyl (C=O) groups is 1. The monoisotopic (exact) mass is 429 g/mol.